The lowest BCUT2D eigenvalue weighted by atomic mass is 9.81. The van der Waals surface area contributed by atoms with Crippen LogP contribution < -0.4 is 11.1 Å². The van der Waals surface area contributed by atoms with Gasteiger partial charge in [-0.3, -0.25) is 4.79 Å². The summed E-state index contributed by atoms with van der Waals surface area (Å²) in [6.07, 6.45) is 3.43. The summed E-state index contributed by atoms with van der Waals surface area (Å²) in [5.41, 5.74) is 5.49. The number of carbonyl (C=O) groups excluding carboxylic acids is 1. The Morgan fingerprint density at radius 1 is 1.29 bits per heavy atom. The molecule has 1 fully saturated rings. The molecule has 1 aliphatic carbocycles. The number of hydrogen-bond donors (Lipinski definition) is 3. The molecule has 1 aliphatic rings. The Morgan fingerprint density at radius 3 is 2.48 bits per heavy atom. The topological polar surface area (TPSA) is 92.4 Å². The van der Waals surface area contributed by atoms with E-state index in [2.05, 4.69) is 5.32 Å². The van der Waals surface area contributed by atoms with E-state index in [4.69, 9.17) is 10.8 Å². The zero-order chi connectivity index (χ0) is 15.4. The van der Waals surface area contributed by atoms with Crippen molar-refractivity contribution in [3.8, 4) is 0 Å². The fourth-order valence-corrected chi connectivity index (χ4v) is 2.67. The first-order valence-electron chi connectivity index (χ1n) is 7.05. The van der Waals surface area contributed by atoms with Crippen molar-refractivity contribution >= 4 is 17.6 Å². The predicted octanol–water partition coefficient (Wildman–Crippen LogP) is 2.23. The second-order valence-corrected chi connectivity index (χ2v) is 5.44. The number of benzene rings is 1. The van der Waals surface area contributed by atoms with E-state index < -0.39 is 17.3 Å². The molecule has 1 amide bonds. The molecule has 0 spiro atoms. The van der Waals surface area contributed by atoms with E-state index in [1.165, 1.54) is 6.07 Å². The third-order valence-electron chi connectivity index (χ3n) is 4.02. The van der Waals surface area contributed by atoms with Crippen molar-refractivity contribution in [2.24, 2.45) is 17.6 Å². The number of nitrogens with one attached hydrogen (secondary N) is 1. The molecule has 4 N–H and O–H groups in total. The van der Waals surface area contributed by atoms with Gasteiger partial charge in [0, 0.05) is 11.6 Å². The normalized spacial score (nSPS) is 21.8. The van der Waals surface area contributed by atoms with E-state index in [9.17, 15) is 14.0 Å². The Labute approximate surface area is 122 Å². The van der Waals surface area contributed by atoms with Crippen LogP contribution in [-0.4, -0.2) is 23.5 Å². The minimum absolute atomic E-state index is 0.0880. The van der Waals surface area contributed by atoms with Crippen LogP contribution in [-0.2, 0) is 4.79 Å². The van der Waals surface area contributed by atoms with E-state index in [1.807, 2.05) is 0 Å². The Bertz CT molecular complexity index is 540. The first kappa shape index (κ1) is 15.4. The van der Waals surface area contributed by atoms with Gasteiger partial charge in [0.1, 0.15) is 5.82 Å². The molecule has 0 radical (unpaired) electrons. The van der Waals surface area contributed by atoms with Gasteiger partial charge in [-0.15, -0.1) is 0 Å². The average Bonchev–Trinajstić information content (AvgIpc) is 2.47. The summed E-state index contributed by atoms with van der Waals surface area (Å²) in [6, 6.07) is 3.58. The second kappa shape index (κ2) is 6.67. The van der Waals surface area contributed by atoms with Crippen LogP contribution in [0.1, 0.15) is 36.0 Å². The van der Waals surface area contributed by atoms with Gasteiger partial charge in [-0.25, -0.2) is 9.18 Å². The highest BCUT2D eigenvalue weighted by molar-refractivity contribution is 5.94. The molecule has 0 bridgehead atoms. The maximum atomic E-state index is 13.5. The molecule has 21 heavy (non-hydrogen) atoms. The highest BCUT2D eigenvalue weighted by Crippen LogP contribution is 2.29. The van der Waals surface area contributed by atoms with Gasteiger partial charge in [-0.2, -0.15) is 0 Å². The Hall–Kier alpha value is -1.95. The molecule has 1 aromatic rings. The van der Waals surface area contributed by atoms with Crippen LogP contribution in [0.3, 0.4) is 0 Å². The van der Waals surface area contributed by atoms with Gasteiger partial charge in [0.25, 0.3) is 0 Å². The summed E-state index contributed by atoms with van der Waals surface area (Å²) in [5.74, 6) is -1.93. The first-order valence-corrected chi connectivity index (χ1v) is 7.05. The quantitative estimate of drug-likeness (QED) is 0.794. The van der Waals surface area contributed by atoms with Gasteiger partial charge < -0.3 is 16.2 Å². The predicted molar refractivity (Wildman–Crippen MR) is 76.5 cm³/mol. The van der Waals surface area contributed by atoms with Gasteiger partial charge in [-0.05, 0) is 56.3 Å². The number of aromatic carboxylic acids is 1. The minimum Gasteiger partial charge on any atom is -0.478 e. The zero-order valence-corrected chi connectivity index (χ0v) is 11.6. The van der Waals surface area contributed by atoms with Gasteiger partial charge in [-0.1, -0.05) is 0 Å². The molecule has 0 aliphatic heterocycles. The molecular formula is C15H19FN2O3. The number of anilines is 1. The zero-order valence-electron chi connectivity index (χ0n) is 11.6. The lowest BCUT2D eigenvalue weighted by Gasteiger charge is -2.26. The summed E-state index contributed by atoms with van der Waals surface area (Å²) < 4.78 is 13.5. The Morgan fingerprint density at radius 2 is 1.95 bits per heavy atom. The van der Waals surface area contributed by atoms with Crippen LogP contribution in [0.25, 0.3) is 0 Å². The number of carboxylic acids is 1. The van der Waals surface area contributed by atoms with E-state index in [-0.39, 0.29) is 17.5 Å². The van der Waals surface area contributed by atoms with Crippen molar-refractivity contribution < 1.29 is 19.1 Å². The van der Waals surface area contributed by atoms with Crippen molar-refractivity contribution in [3.63, 3.8) is 0 Å². The van der Waals surface area contributed by atoms with Crippen LogP contribution in [0.5, 0.6) is 0 Å². The number of rotatable bonds is 4. The largest absolute Gasteiger partial charge is 0.478 e. The molecule has 114 valence electrons. The monoisotopic (exact) mass is 294 g/mol. The van der Waals surface area contributed by atoms with Crippen molar-refractivity contribution in [2.75, 3.05) is 11.9 Å². The molecule has 6 heteroatoms. The number of halogens is 1. The maximum absolute atomic E-state index is 13.5. The fourth-order valence-electron chi connectivity index (χ4n) is 2.67. The second-order valence-electron chi connectivity index (χ2n) is 5.44. The number of nitrogens with two attached hydrogens (primary N) is 1. The Balaban J connectivity index is 1.97. The Kier molecular flexibility index (Phi) is 4.90. The average molecular weight is 294 g/mol. The molecule has 2 rings (SSSR count). The molecule has 0 heterocycles. The van der Waals surface area contributed by atoms with Gasteiger partial charge in [0.2, 0.25) is 5.91 Å². The van der Waals surface area contributed by atoms with Crippen LogP contribution in [0.15, 0.2) is 18.2 Å². The summed E-state index contributed by atoms with van der Waals surface area (Å²) in [6.45, 7) is 0.649. The lowest BCUT2D eigenvalue weighted by Crippen LogP contribution is -2.29. The minimum atomic E-state index is -1.33. The summed E-state index contributed by atoms with van der Waals surface area (Å²) in [7, 11) is 0. The number of hydrogen-bond acceptors (Lipinski definition) is 3. The highest BCUT2D eigenvalue weighted by atomic mass is 19.1. The van der Waals surface area contributed by atoms with Crippen molar-refractivity contribution in [1.82, 2.24) is 0 Å². The summed E-state index contributed by atoms with van der Waals surface area (Å²) in [4.78, 5) is 22.8. The molecular weight excluding hydrogens is 275 g/mol. The van der Waals surface area contributed by atoms with Gasteiger partial charge in [0.15, 0.2) is 0 Å². The molecule has 5 nitrogen and oxygen atoms in total. The van der Waals surface area contributed by atoms with Crippen molar-refractivity contribution in [1.29, 1.82) is 0 Å². The number of carboxylic acid groups (broad SMARTS) is 1. The third-order valence-corrected chi connectivity index (χ3v) is 4.02. The number of carbonyl (C=O) groups is 2. The van der Waals surface area contributed by atoms with Gasteiger partial charge in [0.05, 0.1) is 5.56 Å². The lowest BCUT2D eigenvalue weighted by molar-refractivity contribution is -0.121. The smallest absolute Gasteiger partial charge is 0.338 e. The van der Waals surface area contributed by atoms with Crippen LogP contribution in [0, 0.1) is 17.7 Å². The van der Waals surface area contributed by atoms with E-state index in [1.54, 1.807) is 0 Å². The SMILES string of the molecule is NCC1CCC(C(=O)Nc2ccc(C(=O)O)c(F)c2)CC1. The third kappa shape index (κ3) is 3.78. The van der Waals surface area contributed by atoms with Gasteiger partial charge >= 0.3 is 5.97 Å². The van der Waals surface area contributed by atoms with E-state index in [0.29, 0.717) is 12.5 Å². The molecule has 0 unspecified atom stereocenters. The van der Waals surface area contributed by atoms with E-state index >= 15 is 0 Å². The molecule has 1 saturated carbocycles. The van der Waals surface area contributed by atoms with E-state index in [0.717, 1.165) is 37.8 Å². The molecule has 0 saturated heterocycles. The number of amides is 1. The fraction of sp³-hybridized carbons (Fsp3) is 0.467. The summed E-state index contributed by atoms with van der Waals surface area (Å²) >= 11 is 0. The first-order chi connectivity index (χ1) is 10.0. The molecule has 1 aromatic carbocycles. The molecule has 0 atom stereocenters. The standard InChI is InChI=1S/C15H19FN2O3/c16-13-7-11(5-6-12(13)15(20)21)18-14(19)10-3-1-9(8-17)2-4-10/h5-7,9-10H,1-4,8,17H2,(H,18,19)(H,20,21). The van der Waals surface area contributed by atoms with Crippen molar-refractivity contribution in [3.05, 3.63) is 29.6 Å². The van der Waals surface area contributed by atoms with Crippen LogP contribution in [0.2, 0.25) is 0 Å². The van der Waals surface area contributed by atoms with Crippen LogP contribution >= 0.6 is 0 Å². The van der Waals surface area contributed by atoms with Crippen LogP contribution in [0.4, 0.5) is 10.1 Å². The highest BCUT2D eigenvalue weighted by Gasteiger charge is 2.25. The molecule has 0 aromatic heterocycles. The maximum Gasteiger partial charge on any atom is 0.338 e. The summed E-state index contributed by atoms with van der Waals surface area (Å²) in [5, 5.41) is 11.4. The van der Waals surface area contributed by atoms with Crippen molar-refractivity contribution in [2.45, 2.75) is 25.7 Å².